The first-order chi connectivity index (χ1) is 30.0. The maximum atomic E-state index is 15.7. The van der Waals surface area contributed by atoms with Crippen molar-refractivity contribution >= 4 is 130 Å². The SMILES string of the molecule is COC(=O)C1=C(C(=O)OC)SC(=C2SC3=C(CN4C(=O)N5CC6=C(CN7C(=O)N(C3)C4(c3ccccc3)C75c3ccccc3)SC(=C3SC(C(=O)OC)=C(C(=O)OC)S3)S6)S2)S1. The van der Waals surface area contributed by atoms with Crippen LogP contribution in [0.3, 0.4) is 0 Å². The summed E-state index contributed by atoms with van der Waals surface area (Å²) in [5, 5.41) is 0. The van der Waals surface area contributed by atoms with Crippen LogP contribution in [0.5, 0.6) is 0 Å². The molecule has 22 heteroatoms. The van der Waals surface area contributed by atoms with Crippen LogP contribution >= 0.6 is 94.1 Å². The molecule has 0 spiro atoms. The summed E-state index contributed by atoms with van der Waals surface area (Å²) in [5.41, 5.74) is -1.11. The van der Waals surface area contributed by atoms with Gasteiger partial charge < -0.3 is 18.9 Å². The predicted octanol–water partition coefficient (Wildman–Crippen LogP) is 7.91. The molecule has 0 N–H and O–H groups in total. The first kappa shape index (κ1) is 42.1. The molecular weight excluding hydrogens is 953 g/mol. The molecule has 318 valence electrons. The summed E-state index contributed by atoms with van der Waals surface area (Å²) < 4.78 is 23.0. The zero-order valence-corrected chi connectivity index (χ0v) is 39.3. The second-order valence-electron chi connectivity index (χ2n) is 13.9. The van der Waals surface area contributed by atoms with Crippen molar-refractivity contribution in [1.29, 1.82) is 0 Å². The maximum absolute atomic E-state index is 15.7. The molecule has 0 aromatic heterocycles. The summed E-state index contributed by atoms with van der Waals surface area (Å²) in [4.78, 5) is 94.0. The van der Waals surface area contributed by atoms with Crippen LogP contribution in [-0.4, -0.2) is 110 Å². The zero-order chi connectivity index (χ0) is 43.2. The molecule has 0 unspecified atom stereocenters. The number of esters is 4. The van der Waals surface area contributed by atoms with E-state index in [1.807, 2.05) is 80.3 Å². The van der Waals surface area contributed by atoms with Crippen molar-refractivity contribution in [3.05, 3.63) is 128 Å². The largest absolute Gasteiger partial charge is 0.465 e. The topological polar surface area (TPSA) is 152 Å². The Bertz CT molecular complexity index is 2350. The van der Waals surface area contributed by atoms with Gasteiger partial charge in [0.05, 0.1) is 71.6 Å². The lowest BCUT2D eigenvalue weighted by molar-refractivity contribution is -0.138. The Balaban J connectivity index is 1.07. The Morgan fingerprint density at radius 3 is 0.903 bits per heavy atom. The van der Waals surface area contributed by atoms with E-state index in [9.17, 15) is 19.2 Å². The van der Waals surface area contributed by atoms with E-state index in [1.54, 1.807) is 0 Å². The normalized spacial score (nSPS) is 25.2. The van der Waals surface area contributed by atoms with E-state index in [0.717, 1.165) is 86.3 Å². The van der Waals surface area contributed by atoms with Crippen LogP contribution < -0.4 is 0 Å². The van der Waals surface area contributed by atoms with E-state index in [2.05, 4.69) is 0 Å². The van der Waals surface area contributed by atoms with E-state index < -0.39 is 35.2 Å². The quantitative estimate of drug-likeness (QED) is 0.203. The standard InChI is InChI=1S/C40H30N4O10S8/c1-51-29(45)25-26(30(46)52-2)60-35(59-25)33-55-21-15-41-37(49)43-17-23-24(58-34(57-23)36-61-27(31(47)53-3)28(62-36)32(48)54-4)18-44-38(50)42(16-22(21)56-33)39(41,19-11-7-5-8-12-19)40(43,44)20-13-9-6-10-14-20/h5-14H,15-18H2,1-4H3. The fraction of sp³-hybridized carbons (Fsp3) is 0.250. The lowest BCUT2D eigenvalue weighted by atomic mass is 9.79. The molecule has 2 fully saturated rings. The summed E-state index contributed by atoms with van der Waals surface area (Å²) in [6.07, 6.45) is 0. The minimum absolute atomic E-state index is 0.143. The number of nitrogens with zero attached hydrogens (tertiary/aromatic N) is 4. The monoisotopic (exact) mass is 982 g/mol. The number of thioether (sulfide) groups is 8. The minimum atomic E-state index is -1.33. The van der Waals surface area contributed by atoms with Crippen LogP contribution in [0.2, 0.25) is 0 Å². The fourth-order valence-corrected chi connectivity index (χ4v) is 19.6. The second-order valence-corrected chi connectivity index (χ2v) is 23.5. The number of carbonyl (C=O) groups excluding carboxylic acids is 6. The van der Waals surface area contributed by atoms with Crippen molar-refractivity contribution in [2.75, 3.05) is 54.6 Å². The van der Waals surface area contributed by atoms with Gasteiger partial charge in [-0.05, 0) is 0 Å². The highest BCUT2D eigenvalue weighted by Crippen LogP contribution is 2.70. The average Bonchev–Trinajstić information content (AvgIpc) is 4.14. The Hall–Kier alpha value is -3.90. The second kappa shape index (κ2) is 16.0. The summed E-state index contributed by atoms with van der Waals surface area (Å²) in [6, 6.07) is 19.0. The molecule has 0 radical (unpaired) electrons. The van der Waals surface area contributed by atoms with Gasteiger partial charge in [-0.1, -0.05) is 155 Å². The van der Waals surface area contributed by atoms with Crippen molar-refractivity contribution in [3.63, 3.8) is 0 Å². The van der Waals surface area contributed by atoms with Crippen LogP contribution in [0.25, 0.3) is 0 Å². The number of carbonyl (C=O) groups is 6. The smallest absolute Gasteiger partial charge is 0.346 e. The van der Waals surface area contributed by atoms with E-state index in [1.165, 1.54) is 75.5 Å². The van der Waals surface area contributed by atoms with Crippen LogP contribution in [0, 0.1) is 0 Å². The van der Waals surface area contributed by atoms with Crippen LogP contribution in [0.1, 0.15) is 11.1 Å². The van der Waals surface area contributed by atoms with Gasteiger partial charge >= 0.3 is 35.9 Å². The third-order valence-electron chi connectivity index (χ3n) is 11.0. The molecule has 62 heavy (non-hydrogen) atoms. The molecule has 8 heterocycles. The van der Waals surface area contributed by atoms with Gasteiger partial charge in [0.15, 0.2) is 11.3 Å². The van der Waals surface area contributed by atoms with Crippen LogP contribution in [0.15, 0.2) is 117 Å². The molecule has 0 aliphatic carbocycles. The number of urea groups is 2. The van der Waals surface area contributed by atoms with Crippen molar-refractivity contribution in [2.45, 2.75) is 11.3 Å². The van der Waals surface area contributed by atoms with Crippen molar-refractivity contribution in [3.8, 4) is 0 Å². The molecule has 0 saturated carbocycles. The van der Waals surface area contributed by atoms with E-state index >= 15 is 9.59 Å². The Morgan fingerprint density at radius 2 is 0.661 bits per heavy atom. The number of rotatable bonds is 6. The van der Waals surface area contributed by atoms with Crippen molar-refractivity contribution in [2.24, 2.45) is 0 Å². The first-order valence-corrected chi connectivity index (χ1v) is 25.0. The zero-order valence-electron chi connectivity index (χ0n) is 32.7. The molecule has 4 amide bonds. The molecular formula is C40H30N4O10S8. The number of ether oxygens (including phenoxy) is 4. The Kier molecular flexibility index (Phi) is 10.8. The van der Waals surface area contributed by atoms with Gasteiger partial charge in [-0.2, -0.15) is 0 Å². The highest BCUT2D eigenvalue weighted by Gasteiger charge is 2.81. The predicted molar refractivity (Wildman–Crippen MR) is 245 cm³/mol. The Morgan fingerprint density at radius 1 is 0.419 bits per heavy atom. The van der Waals surface area contributed by atoms with Crippen LogP contribution in [0.4, 0.5) is 9.59 Å². The van der Waals surface area contributed by atoms with Crippen LogP contribution in [-0.2, 0) is 49.5 Å². The summed E-state index contributed by atoms with van der Waals surface area (Å²) in [7, 11) is 5.03. The van der Waals surface area contributed by atoms with Gasteiger partial charge in [0.1, 0.15) is 19.6 Å². The number of methoxy groups -OCH3 is 4. The molecule has 8 aliphatic heterocycles. The minimum Gasteiger partial charge on any atom is -0.465 e. The highest BCUT2D eigenvalue weighted by molar-refractivity contribution is 8.35. The van der Waals surface area contributed by atoms with Crippen molar-refractivity contribution < 1.29 is 47.7 Å². The first-order valence-electron chi connectivity index (χ1n) is 18.5. The number of hydrogen-bond acceptors (Lipinski definition) is 18. The summed E-state index contributed by atoms with van der Waals surface area (Å²) in [6.45, 7) is 0.688. The molecule has 14 nitrogen and oxygen atoms in total. The number of hydrogen-bond donors (Lipinski definition) is 0. The molecule has 2 aromatic carbocycles. The Labute approximate surface area is 388 Å². The number of benzene rings is 2. The lowest BCUT2D eigenvalue weighted by Crippen LogP contribution is -2.63. The van der Waals surface area contributed by atoms with E-state index in [-0.39, 0.29) is 57.9 Å². The van der Waals surface area contributed by atoms with Gasteiger partial charge in [0, 0.05) is 30.7 Å². The fourth-order valence-electron chi connectivity index (χ4n) is 8.60. The molecule has 8 aliphatic rings. The summed E-state index contributed by atoms with van der Waals surface area (Å²) >= 11 is 10.5. The van der Waals surface area contributed by atoms with Gasteiger partial charge in [-0.25, -0.2) is 28.8 Å². The third kappa shape index (κ3) is 5.96. The van der Waals surface area contributed by atoms with Gasteiger partial charge in [0.25, 0.3) is 0 Å². The lowest BCUT2D eigenvalue weighted by Gasteiger charge is -2.49. The van der Waals surface area contributed by atoms with E-state index in [0.29, 0.717) is 8.47 Å². The van der Waals surface area contributed by atoms with Gasteiger partial charge in [-0.15, -0.1) is 0 Å². The van der Waals surface area contributed by atoms with Gasteiger partial charge in [0.2, 0.25) is 0 Å². The highest BCUT2D eigenvalue weighted by atomic mass is 32.2. The molecule has 0 atom stereocenters. The van der Waals surface area contributed by atoms with E-state index in [4.69, 9.17) is 18.9 Å². The number of amides is 4. The molecule has 0 bridgehead atoms. The average molecular weight is 983 g/mol. The van der Waals surface area contributed by atoms with Crippen molar-refractivity contribution in [1.82, 2.24) is 19.6 Å². The third-order valence-corrected chi connectivity index (χ3v) is 22.5. The molecule has 10 rings (SSSR count). The molecule has 2 saturated heterocycles. The molecule has 2 aromatic rings. The van der Waals surface area contributed by atoms with Gasteiger partial charge in [-0.3, -0.25) is 19.6 Å². The maximum Gasteiger partial charge on any atom is 0.346 e. The summed E-state index contributed by atoms with van der Waals surface area (Å²) in [5.74, 6) is -2.57.